The number of aromatic nitrogens is 2. The highest BCUT2D eigenvalue weighted by atomic mass is 35.5. The quantitative estimate of drug-likeness (QED) is 0.824. The van der Waals surface area contributed by atoms with Crippen LogP contribution in [-0.4, -0.2) is 17.1 Å². The summed E-state index contributed by atoms with van der Waals surface area (Å²) < 4.78 is 5.12. The standard InChI is InChI=1S/C11H8Cl2N2O/c1-16-9-6-7(2-3-8(9)12)10-11(13)15-5-4-14-10/h2-6H,1H3. The fourth-order valence-corrected chi connectivity index (χ4v) is 1.73. The van der Waals surface area contributed by atoms with Gasteiger partial charge in [-0.05, 0) is 12.1 Å². The minimum atomic E-state index is 0.354. The van der Waals surface area contributed by atoms with Crippen LogP contribution < -0.4 is 4.74 Å². The third-order valence-electron chi connectivity index (χ3n) is 2.08. The molecule has 0 spiro atoms. The van der Waals surface area contributed by atoms with Crippen molar-refractivity contribution in [2.45, 2.75) is 0 Å². The van der Waals surface area contributed by atoms with Crippen LogP contribution >= 0.6 is 23.2 Å². The molecule has 0 N–H and O–H groups in total. The highest BCUT2D eigenvalue weighted by molar-refractivity contribution is 6.32. The summed E-state index contributed by atoms with van der Waals surface area (Å²) in [6.45, 7) is 0. The van der Waals surface area contributed by atoms with Crippen molar-refractivity contribution in [1.29, 1.82) is 0 Å². The molecule has 0 saturated carbocycles. The summed E-state index contributed by atoms with van der Waals surface area (Å²) in [5, 5.41) is 0.901. The lowest BCUT2D eigenvalue weighted by molar-refractivity contribution is 0.415. The van der Waals surface area contributed by atoms with Gasteiger partial charge in [-0.2, -0.15) is 0 Å². The zero-order chi connectivity index (χ0) is 11.5. The maximum absolute atomic E-state index is 5.95. The first kappa shape index (κ1) is 11.2. The number of benzene rings is 1. The van der Waals surface area contributed by atoms with Crippen molar-refractivity contribution in [2.24, 2.45) is 0 Å². The van der Waals surface area contributed by atoms with E-state index in [1.54, 1.807) is 31.6 Å². The molecule has 0 atom stereocenters. The largest absolute Gasteiger partial charge is 0.495 e. The Morgan fingerprint density at radius 2 is 1.88 bits per heavy atom. The van der Waals surface area contributed by atoms with Gasteiger partial charge in [0.05, 0.1) is 12.1 Å². The highest BCUT2D eigenvalue weighted by Crippen LogP contribution is 2.31. The average Bonchev–Trinajstić information content (AvgIpc) is 2.31. The third kappa shape index (κ3) is 2.10. The van der Waals surface area contributed by atoms with Gasteiger partial charge in [0, 0.05) is 18.0 Å². The molecular weight excluding hydrogens is 247 g/mol. The lowest BCUT2D eigenvalue weighted by atomic mass is 10.1. The van der Waals surface area contributed by atoms with Crippen LogP contribution in [0.1, 0.15) is 0 Å². The Balaban J connectivity index is 2.53. The fourth-order valence-electron chi connectivity index (χ4n) is 1.32. The van der Waals surface area contributed by atoms with Crippen molar-refractivity contribution in [1.82, 2.24) is 9.97 Å². The van der Waals surface area contributed by atoms with Gasteiger partial charge < -0.3 is 4.74 Å². The van der Waals surface area contributed by atoms with Crippen molar-refractivity contribution in [3.8, 4) is 17.0 Å². The molecule has 1 aromatic carbocycles. The molecule has 0 unspecified atom stereocenters. The van der Waals surface area contributed by atoms with Crippen LogP contribution in [0.15, 0.2) is 30.6 Å². The van der Waals surface area contributed by atoms with Gasteiger partial charge in [-0.1, -0.05) is 29.3 Å². The van der Waals surface area contributed by atoms with E-state index in [0.29, 0.717) is 21.6 Å². The van der Waals surface area contributed by atoms with Gasteiger partial charge in [0.25, 0.3) is 0 Å². The van der Waals surface area contributed by atoms with Crippen molar-refractivity contribution in [3.05, 3.63) is 40.8 Å². The second kappa shape index (κ2) is 4.68. The van der Waals surface area contributed by atoms with Gasteiger partial charge in [0.1, 0.15) is 11.4 Å². The molecule has 2 aromatic rings. The Morgan fingerprint density at radius 3 is 2.56 bits per heavy atom. The van der Waals surface area contributed by atoms with E-state index >= 15 is 0 Å². The Labute approximate surface area is 103 Å². The van der Waals surface area contributed by atoms with Gasteiger partial charge in [-0.25, -0.2) is 4.98 Å². The molecule has 16 heavy (non-hydrogen) atoms. The molecule has 0 aliphatic rings. The second-order valence-corrected chi connectivity index (χ2v) is 3.81. The van der Waals surface area contributed by atoms with Gasteiger partial charge in [0.2, 0.25) is 0 Å². The molecule has 1 aromatic heterocycles. The summed E-state index contributed by atoms with van der Waals surface area (Å²) in [5.74, 6) is 0.584. The lowest BCUT2D eigenvalue weighted by Crippen LogP contribution is -1.89. The van der Waals surface area contributed by atoms with E-state index in [1.807, 2.05) is 6.07 Å². The van der Waals surface area contributed by atoms with Crippen molar-refractivity contribution in [3.63, 3.8) is 0 Å². The molecule has 1 heterocycles. The fraction of sp³-hybridized carbons (Fsp3) is 0.0909. The molecule has 82 valence electrons. The average molecular weight is 255 g/mol. The Morgan fingerprint density at radius 1 is 1.12 bits per heavy atom. The summed E-state index contributed by atoms with van der Waals surface area (Å²) >= 11 is 11.9. The molecule has 0 fully saturated rings. The summed E-state index contributed by atoms with van der Waals surface area (Å²) in [5.41, 5.74) is 1.43. The van der Waals surface area contributed by atoms with Crippen LogP contribution in [0, 0.1) is 0 Å². The normalized spacial score (nSPS) is 10.2. The van der Waals surface area contributed by atoms with E-state index in [0.717, 1.165) is 5.56 Å². The maximum atomic E-state index is 5.95. The van der Waals surface area contributed by atoms with E-state index in [2.05, 4.69) is 9.97 Å². The molecule has 0 amide bonds. The van der Waals surface area contributed by atoms with Crippen LogP contribution in [0.3, 0.4) is 0 Å². The Kier molecular flexibility index (Phi) is 3.27. The molecule has 0 bridgehead atoms. The minimum absolute atomic E-state index is 0.354. The molecular formula is C11H8Cl2N2O. The zero-order valence-corrected chi connectivity index (χ0v) is 9.96. The number of hydrogen-bond donors (Lipinski definition) is 0. The van der Waals surface area contributed by atoms with E-state index in [9.17, 15) is 0 Å². The van der Waals surface area contributed by atoms with E-state index in [4.69, 9.17) is 27.9 Å². The molecule has 0 saturated heterocycles. The lowest BCUT2D eigenvalue weighted by Gasteiger charge is -2.06. The minimum Gasteiger partial charge on any atom is -0.495 e. The van der Waals surface area contributed by atoms with Gasteiger partial charge in [0.15, 0.2) is 5.15 Å². The maximum Gasteiger partial charge on any atom is 0.155 e. The number of halogens is 2. The topological polar surface area (TPSA) is 35.0 Å². The first-order chi connectivity index (χ1) is 7.72. The Hall–Kier alpha value is -1.32. The van der Waals surface area contributed by atoms with Crippen LogP contribution in [0.25, 0.3) is 11.3 Å². The highest BCUT2D eigenvalue weighted by Gasteiger charge is 2.08. The summed E-state index contributed by atoms with van der Waals surface area (Å²) in [6, 6.07) is 5.33. The SMILES string of the molecule is COc1cc(-c2nccnc2Cl)ccc1Cl. The predicted octanol–water partition coefficient (Wildman–Crippen LogP) is 3.46. The molecule has 0 aliphatic heterocycles. The van der Waals surface area contributed by atoms with Crippen LogP contribution in [0.2, 0.25) is 10.2 Å². The van der Waals surface area contributed by atoms with Crippen LogP contribution in [-0.2, 0) is 0 Å². The molecule has 0 aliphatic carbocycles. The van der Waals surface area contributed by atoms with E-state index in [-0.39, 0.29) is 0 Å². The van der Waals surface area contributed by atoms with Crippen LogP contribution in [0.5, 0.6) is 5.75 Å². The Bertz CT molecular complexity index is 517. The smallest absolute Gasteiger partial charge is 0.155 e. The van der Waals surface area contributed by atoms with Crippen molar-refractivity contribution < 1.29 is 4.74 Å². The number of hydrogen-bond acceptors (Lipinski definition) is 3. The summed E-state index contributed by atoms with van der Waals surface area (Å²) in [4.78, 5) is 8.12. The number of methoxy groups -OCH3 is 1. The third-order valence-corrected chi connectivity index (χ3v) is 2.67. The van der Waals surface area contributed by atoms with Gasteiger partial charge >= 0.3 is 0 Å². The molecule has 0 radical (unpaired) electrons. The van der Waals surface area contributed by atoms with E-state index in [1.165, 1.54) is 0 Å². The summed E-state index contributed by atoms with van der Waals surface area (Å²) in [6.07, 6.45) is 3.13. The van der Waals surface area contributed by atoms with E-state index < -0.39 is 0 Å². The number of rotatable bonds is 2. The zero-order valence-electron chi connectivity index (χ0n) is 8.45. The first-order valence-corrected chi connectivity index (χ1v) is 5.28. The van der Waals surface area contributed by atoms with Crippen LogP contribution in [0.4, 0.5) is 0 Å². The van der Waals surface area contributed by atoms with Crippen molar-refractivity contribution >= 4 is 23.2 Å². The van der Waals surface area contributed by atoms with Crippen molar-refractivity contribution in [2.75, 3.05) is 7.11 Å². The second-order valence-electron chi connectivity index (χ2n) is 3.05. The molecule has 2 rings (SSSR count). The summed E-state index contributed by atoms with van der Waals surface area (Å²) in [7, 11) is 1.56. The molecule has 5 heteroatoms. The number of nitrogens with zero attached hydrogens (tertiary/aromatic N) is 2. The predicted molar refractivity (Wildman–Crippen MR) is 64.0 cm³/mol. The first-order valence-electron chi connectivity index (χ1n) is 4.53. The van der Waals surface area contributed by atoms with Gasteiger partial charge in [-0.3, -0.25) is 4.98 Å². The molecule has 3 nitrogen and oxygen atoms in total. The number of ether oxygens (including phenoxy) is 1. The monoisotopic (exact) mass is 254 g/mol. The van der Waals surface area contributed by atoms with Gasteiger partial charge in [-0.15, -0.1) is 0 Å².